The molecule has 1 amide bonds. The van der Waals surface area contributed by atoms with Crippen LogP contribution in [-0.4, -0.2) is 22.2 Å². The third-order valence-corrected chi connectivity index (χ3v) is 2.20. The van der Waals surface area contributed by atoms with Gasteiger partial charge in [-0.05, 0) is 13.3 Å². The minimum Gasteiger partial charge on any atom is -0.353 e. The largest absolute Gasteiger partial charge is 0.353 e. The lowest BCUT2D eigenvalue weighted by Gasteiger charge is -1.94. The normalized spacial score (nSPS) is 10.9. The summed E-state index contributed by atoms with van der Waals surface area (Å²) in [7, 11) is 0. The molecule has 0 bridgehead atoms. The van der Waals surface area contributed by atoms with Gasteiger partial charge in [-0.3, -0.25) is 9.48 Å². The van der Waals surface area contributed by atoms with Crippen molar-refractivity contribution < 1.29 is 4.79 Å². The van der Waals surface area contributed by atoms with E-state index in [2.05, 4.69) is 17.3 Å². The van der Waals surface area contributed by atoms with Gasteiger partial charge in [-0.1, -0.05) is 19.1 Å². The fraction of sp³-hybridized carbons (Fsp3) is 0.500. The number of nitrogens with one attached hydrogen (secondary N) is 1. The van der Waals surface area contributed by atoms with Crippen LogP contribution in [-0.2, 0) is 11.3 Å². The van der Waals surface area contributed by atoms with Gasteiger partial charge in [-0.25, -0.2) is 0 Å². The molecule has 0 unspecified atom stereocenters. The van der Waals surface area contributed by atoms with Gasteiger partial charge in [0.25, 0.3) is 0 Å². The zero-order valence-corrected chi connectivity index (χ0v) is 10.2. The number of aryl methyl sites for hydroxylation is 2. The second-order valence-corrected chi connectivity index (χ2v) is 3.77. The molecule has 0 saturated carbocycles. The summed E-state index contributed by atoms with van der Waals surface area (Å²) in [4.78, 5) is 10.6. The van der Waals surface area contributed by atoms with Crippen LogP contribution >= 0.6 is 0 Å². The molecule has 0 fully saturated rings. The number of hydrogen-bond acceptors (Lipinski definition) is 2. The van der Waals surface area contributed by atoms with E-state index in [-0.39, 0.29) is 5.91 Å². The number of amides is 1. The summed E-state index contributed by atoms with van der Waals surface area (Å²) >= 11 is 0. The van der Waals surface area contributed by atoms with E-state index in [1.165, 1.54) is 6.92 Å². The van der Waals surface area contributed by atoms with E-state index in [4.69, 9.17) is 0 Å². The Labute approximate surface area is 96.3 Å². The van der Waals surface area contributed by atoms with Crippen LogP contribution in [0.4, 0.5) is 0 Å². The Kier molecular flexibility index (Phi) is 4.76. The van der Waals surface area contributed by atoms with Crippen molar-refractivity contribution in [1.29, 1.82) is 0 Å². The Bertz CT molecular complexity index is 380. The number of rotatable bonds is 5. The molecule has 1 rings (SSSR count). The van der Waals surface area contributed by atoms with Crippen LogP contribution in [0.3, 0.4) is 0 Å². The molecule has 0 aromatic carbocycles. The minimum absolute atomic E-state index is 0.0111. The van der Waals surface area contributed by atoms with Crippen LogP contribution in [0.2, 0.25) is 0 Å². The van der Waals surface area contributed by atoms with Crippen molar-refractivity contribution in [3.63, 3.8) is 0 Å². The summed E-state index contributed by atoms with van der Waals surface area (Å²) in [6.45, 7) is 7.14. The topological polar surface area (TPSA) is 46.9 Å². The minimum atomic E-state index is -0.0111. The number of nitrogens with zero attached hydrogens (tertiary/aromatic N) is 2. The van der Waals surface area contributed by atoms with E-state index < -0.39 is 0 Å². The molecule has 1 N–H and O–H groups in total. The van der Waals surface area contributed by atoms with Crippen molar-refractivity contribution in [3.05, 3.63) is 23.5 Å². The molecule has 88 valence electrons. The van der Waals surface area contributed by atoms with Crippen LogP contribution in [0.5, 0.6) is 0 Å². The van der Waals surface area contributed by atoms with Gasteiger partial charge >= 0.3 is 0 Å². The Hall–Kier alpha value is -1.58. The third kappa shape index (κ3) is 3.88. The maximum absolute atomic E-state index is 10.6. The van der Waals surface area contributed by atoms with E-state index >= 15 is 0 Å². The molecule has 0 radical (unpaired) electrons. The number of aromatic nitrogens is 2. The fourth-order valence-electron chi connectivity index (χ4n) is 1.43. The van der Waals surface area contributed by atoms with Crippen LogP contribution in [0.25, 0.3) is 6.08 Å². The summed E-state index contributed by atoms with van der Waals surface area (Å²) < 4.78 is 1.95. The summed E-state index contributed by atoms with van der Waals surface area (Å²) in [5.74, 6) is -0.0111. The van der Waals surface area contributed by atoms with Crippen molar-refractivity contribution in [1.82, 2.24) is 15.1 Å². The number of carbonyl (C=O) groups is 1. The van der Waals surface area contributed by atoms with E-state index in [0.717, 1.165) is 24.2 Å². The molecule has 0 saturated heterocycles. The van der Waals surface area contributed by atoms with Gasteiger partial charge in [0.15, 0.2) is 0 Å². The highest BCUT2D eigenvalue weighted by molar-refractivity contribution is 5.73. The second-order valence-electron chi connectivity index (χ2n) is 3.77. The van der Waals surface area contributed by atoms with Crippen LogP contribution in [0, 0.1) is 6.92 Å². The summed E-state index contributed by atoms with van der Waals surface area (Å²) in [6, 6.07) is 0. The highest BCUT2D eigenvalue weighted by Gasteiger charge is 2.00. The summed E-state index contributed by atoms with van der Waals surface area (Å²) in [5.41, 5.74) is 2.13. The second kappa shape index (κ2) is 6.10. The molecule has 1 aromatic rings. The Morgan fingerprint density at radius 1 is 1.62 bits per heavy atom. The molecule has 16 heavy (non-hydrogen) atoms. The highest BCUT2D eigenvalue weighted by atomic mass is 16.1. The lowest BCUT2D eigenvalue weighted by molar-refractivity contribution is -0.118. The first-order valence-electron chi connectivity index (χ1n) is 5.58. The molecule has 0 aliphatic heterocycles. The van der Waals surface area contributed by atoms with Crippen molar-refractivity contribution in [2.75, 3.05) is 6.54 Å². The monoisotopic (exact) mass is 221 g/mol. The van der Waals surface area contributed by atoms with Crippen molar-refractivity contribution >= 4 is 12.0 Å². The molecule has 0 aliphatic carbocycles. The van der Waals surface area contributed by atoms with E-state index in [1.54, 1.807) is 0 Å². The quantitative estimate of drug-likeness (QED) is 0.823. The molecule has 4 heteroatoms. The van der Waals surface area contributed by atoms with E-state index in [1.807, 2.05) is 30.0 Å². The number of hydrogen-bond donors (Lipinski definition) is 1. The molecule has 0 atom stereocenters. The smallest absolute Gasteiger partial charge is 0.217 e. The molecular formula is C12H19N3O. The average Bonchev–Trinajstić information content (AvgIpc) is 2.54. The Morgan fingerprint density at radius 3 is 3.00 bits per heavy atom. The molecular weight excluding hydrogens is 202 g/mol. The Balaban J connectivity index is 2.55. The molecule has 1 heterocycles. The third-order valence-electron chi connectivity index (χ3n) is 2.20. The Morgan fingerprint density at radius 2 is 2.38 bits per heavy atom. The first-order valence-corrected chi connectivity index (χ1v) is 5.58. The predicted octanol–water partition coefficient (Wildman–Crippen LogP) is 1.75. The van der Waals surface area contributed by atoms with E-state index in [9.17, 15) is 4.79 Å². The first-order chi connectivity index (χ1) is 7.63. The van der Waals surface area contributed by atoms with Gasteiger partial charge in [0.2, 0.25) is 5.91 Å². The van der Waals surface area contributed by atoms with Gasteiger partial charge in [0.05, 0.1) is 5.69 Å². The van der Waals surface area contributed by atoms with Gasteiger partial charge in [-0.15, -0.1) is 0 Å². The van der Waals surface area contributed by atoms with Gasteiger partial charge < -0.3 is 5.32 Å². The van der Waals surface area contributed by atoms with Crippen molar-refractivity contribution in [3.8, 4) is 0 Å². The summed E-state index contributed by atoms with van der Waals surface area (Å²) in [6.07, 6.45) is 7.03. The molecule has 4 nitrogen and oxygen atoms in total. The molecule has 0 spiro atoms. The highest BCUT2D eigenvalue weighted by Crippen LogP contribution is 2.07. The first kappa shape index (κ1) is 12.5. The van der Waals surface area contributed by atoms with Crippen molar-refractivity contribution in [2.24, 2.45) is 0 Å². The average molecular weight is 221 g/mol. The zero-order valence-electron chi connectivity index (χ0n) is 10.2. The number of carbonyl (C=O) groups excluding carboxylic acids is 1. The van der Waals surface area contributed by atoms with Gasteiger partial charge in [-0.2, -0.15) is 5.10 Å². The van der Waals surface area contributed by atoms with Gasteiger partial charge in [0, 0.05) is 31.8 Å². The maximum atomic E-state index is 10.6. The summed E-state index contributed by atoms with van der Waals surface area (Å²) in [5, 5.41) is 7.11. The fourth-order valence-corrected chi connectivity index (χ4v) is 1.43. The van der Waals surface area contributed by atoms with Crippen LogP contribution in [0.15, 0.2) is 12.3 Å². The van der Waals surface area contributed by atoms with Crippen LogP contribution < -0.4 is 5.32 Å². The maximum Gasteiger partial charge on any atom is 0.217 e. The molecule has 0 aliphatic rings. The lowest BCUT2D eigenvalue weighted by atomic mass is 10.2. The van der Waals surface area contributed by atoms with Crippen LogP contribution in [0.1, 0.15) is 31.5 Å². The lowest BCUT2D eigenvalue weighted by Crippen LogP contribution is -2.19. The molecule has 1 aromatic heterocycles. The van der Waals surface area contributed by atoms with Crippen molar-refractivity contribution in [2.45, 2.75) is 33.7 Å². The standard InChI is InChI=1S/C12H19N3O/c1-4-8-15-9-12(10(2)14-15)6-5-7-13-11(3)16/h5-6,9H,4,7-8H2,1-3H3,(H,13,16). The zero-order chi connectivity index (χ0) is 12.0. The SMILES string of the molecule is CCCn1cc(C=CCNC(C)=O)c(C)n1. The predicted molar refractivity (Wildman–Crippen MR) is 65.0 cm³/mol. The van der Waals surface area contributed by atoms with Gasteiger partial charge in [0.1, 0.15) is 0 Å². The van der Waals surface area contributed by atoms with E-state index in [0.29, 0.717) is 6.54 Å².